The van der Waals surface area contributed by atoms with Gasteiger partial charge in [0.2, 0.25) is 0 Å². The molecule has 0 bridgehead atoms. The average Bonchev–Trinajstić information content (AvgIpc) is 2.75. The standard InChI is InChI=1S/C13H9BrF2O2S/c14-12-6-5-10(19-12)7-11(17)8-1-3-9(4-2-8)18-13(15)16/h1-6,13H,7H2. The summed E-state index contributed by atoms with van der Waals surface area (Å²) < 4.78 is 29.1. The highest BCUT2D eigenvalue weighted by molar-refractivity contribution is 9.11. The number of thiophene rings is 1. The SMILES string of the molecule is O=C(Cc1ccc(Br)s1)c1ccc(OC(F)F)cc1. The van der Waals surface area contributed by atoms with E-state index in [1.165, 1.54) is 35.6 Å². The summed E-state index contributed by atoms with van der Waals surface area (Å²) in [5.74, 6) is -0.0108. The maximum absolute atomic E-state index is 12.0. The van der Waals surface area contributed by atoms with E-state index in [1.54, 1.807) is 0 Å². The van der Waals surface area contributed by atoms with Crippen LogP contribution in [0.4, 0.5) is 8.78 Å². The predicted molar refractivity (Wildman–Crippen MR) is 73.1 cm³/mol. The number of hydrogen-bond donors (Lipinski definition) is 0. The van der Waals surface area contributed by atoms with Gasteiger partial charge >= 0.3 is 6.61 Å². The lowest BCUT2D eigenvalue weighted by atomic mass is 10.1. The zero-order valence-corrected chi connectivity index (χ0v) is 12.0. The summed E-state index contributed by atoms with van der Waals surface area (Å²) in [6.45, 7) is -2.86. The van der Waals surface area contributed by atoms with Crippen LogP contribution in [0.1, 0.15) is 15.2 Å². The molecular formula is C13H9BrF2O2S. The first-order valence-electron chi connectivity index (χ1n) is 5.37. The van der Waals surface area contributed by atoms with E-state index in [0.717, 1.165) is 8.66 Å². The molecule has 6 heteroatoms. The molecule has 0 atom stereocenters. The van der Waals surface area contributed by atoms with Crippen molar-refractivity contribution in [2.24, 2.45) is 0 Å². The van der Waals surface area contributed by atoms with Crippen LogP contribution in [-0.2, 0) is 6.42 Å². The molecule has 0 aliphatic carbocycles. The molecule has 2 nitrogen and oxygen atoms in total. The van der Waals surface area contributed by atoms with Gasteiger partial charge in [0.05, 0.1) is 3.79 Å². The molecule has 0 fully saturated rings. The molecule has 0 spiro atoms. The molecule has 0 aliphatic heterocycles. The second kappa shape index (κ2) is 6.25. The Labute approximate surface area is 121 Å². The van der Waals surface area contributed by atoms with Crippen LogP contribution in [0.25, 0.3) is 0 Å². The number of halogens is 3. The van der Waals surface area contributed by atoms with E-state index < -0.39 is 6.61 Å². The topological polar surface area (TPSA) is 26.3 Å². The van der Waals surface area contributed by atoms with E-state index in [4.69, 9.17) is 0 Å². The van der Waals surface area contributed by atoms with Crippen LogP contribution in [0.15, 0.2) is 40.2 Å². The highest BCUT2D eigenvalue weighted by Crippen LogP contribution is 2.24. The summed E-state index contributed by atoms with van der Waals surface area (Å²) in [6.07, 6.45) is 0.297. The van der Waals surface area contributed by atoms with Crippen LogP contribution < -0.4 is 4.74 Å². The lowest BCUT2D eigenvalue weighted by Crippen LogP contribution is -2.04. The predicted octanol–water partition coefficient (Wildman–Crippen LogP) is 4.54. The van der Waals surface area contributed by atoms with Gasteiger partial charge in [-0.3, -0.25) is 4.79 Å². The van der Waals surface area contributed by atoms with Crippen molar-refractivity contribution in [3.05, 3.63) is 50.6 Å². The molecule has 2 rings (SSSR count). The van der Waals surface area contributed by atoms with Crippen molar-refractivity contribution in [3.63, 3.8) is 0 Å². The first kappa shape index (κ1) is 14.1. The van der Waals surface area contributed by atoms with E-state index in [-0.39, 0.29) is 11.5 Å². The van der Waals surface area contributed by atoms with Crippen LogP contribution in [0.5, 0.6) is 5.75 Å². The molecule has 19 heavy (non-hydrogen) atoms. The monoisotopic (exact) mass is 346 g/mol. The Balaban J connectivity index is 2.03. The van der Waals surface area contributed by atoms with Crippen molar-refractivity contribution >= 4 is 33.0 Å². The number of alkyl halides is 2. The quantitative estimate of drug-likeness (QED) is 0.743. The lowest BCUT2D eigenvalue weighted by Gasteiger charge is -2.05. The van der Waals surface area contributed by atoms with Crippen LogP contribution in [0.2, 0.25) is 0 Å². The van der Waals surface area contributed by atoms with Gasteiger partial charge in [-0.1, -0.05) is 0 Å². The van der Waals surface area contributed by atoms with Crippen molar-refractivity contribution < 1.29 is 18.3 Å². The van der Waals surface area contributed by atoms with Crippen molar-refractivity contribution in [1.82, 2.24) is 0 Å². The third kappa shape index (κ3) is 4.11. The Morgan fingerprint density at radius 3 is 2.42 bits per heavy atom. The van der Waals surface area contributed by atoms with Crippen molar-refractivity contribution in [2.45, 2.75) is 13.0 Å². The third-order valence-corrected chi connectivity index (χ3v) is 3.99. The lowest BCUT2D eigenvalue weighted by molar-refractivity contribution is -0.0498. The Morgan fingerprint density at radius 2 is 1.89 bits per heavy atom. The van der Waals surface area contributed by atoms with Gasteiger partial charge in [0.15, 0.2) is 5.78 Å². The fraction of sp³-hybridized carbons (Fsp3) is 0.154. The molecule has 1 aromatic carbocycles. The summed E-state index contributed by atoms with van der Waals surface area (Å²) in [5.41, 5.74) is 0.478. The van der Waals surface area contributed by atoms with E-state index in [1.807, 2.05) is 12.1 Å². The number of ketones is 1. The summed E-state index contributed by atoms with van der Waals surface area (Å²) in [4.78, 5) is 12.9. The van der Waals surface area contributed by atoms with Crippen LogP contribution in [0, 0.1) is 0 Å². The molecule has 100 valence electrons. The van der Waals surface area contributed by atoms with Gasteiger partial charge in [0.25, 0.3) is 0 Å². The summed E-state index contributed by atoms with van der Waals surface area (Å²) in [5, 5.41) is 0. The van der Waals surface area contributed by atoms with Gasteiger partial charge in [-0.2, -0.15) is 8.78 Å². The maximum Gasteiger partial charge on any atom is 0.387 e. The summed E-state index contributed by atoms with van der Waals surface area (Å²) >= 11 is 4.82. The zero-order valence-electron chi connectivity index (χ0n) is 9.61. The third-order valence-electron chi connectivity index (χ3n) is 2.37. The molecule has 0 N–H and O–H groups in total. The maximum atomic E-state index is 12.0. The first-order chi connectivity index (χ1) is 9.04. The summed E-state index contributed by atoms with van der Waals surface area (Å²) in [7, 11) is 0. The molecule has 0 amide bonds. The highest BCUT2D eigenvalue weighted by Gasteiger charge is 2.10. The molecule has 0 aliphatic rings. The zero-order chi connectivity index (χ0) is 13.8. The largest absolute Gasteiger partial charge is 0.435 e. The number of rotatable bonds is 5. The minimum Gasteiger partial charge on any atom is -0.435 e. The highest BCUT2D eigenvalue weighted by atomic mass is 79.9. The smallest absolute Gasteiger partial charge is 0.387 e. The Morgan fingerprint density at radius 1 is 1.21 bits per heavy atom. The molecule has 1 heterocycles. The van der Waals surface area contributed by atoms with Gasteiger partial charge in [0.1, 0.15) is 5.75 Å². The van der Waals surface area contributed by atoms with Crippen molar-refractivity contribution in [3.8, 4) is 5.75 Å². The molecule has 2 aromatic rings. The van der Waals surface area contributed by atoms with Gasteiger partial charge in [-0.25, -0.2) is 0 Å². The molecule has 0 saturated carbocycles. The van der Waals surface area contributed by atoms with E-state index in [0.29, 0.717) is 12.0 Å². The second-order valence-electron chi connectivity index (χ2n) is 3.71. The van der Waals surface area contributed by atoms with E-state index in [2.05, 4.69) is 20.7 Å². The second-order valence-corrected chi connectivity index (χ2v) is 6.26. The van der Waals surface area contributed by atoms with Crippen LogP contribution in [-0.4, -0.2) is 12.4 Å². The minimum absolute atomic E-state index is 0.0467. The van der Waals surface area contributed by atoms with Crippen molar-refractivity contribution in [2.75, 3.05) is 0 Å². The van der Waals surface area contributed by atoms with Gasteiger partial charge < -0.3 is 4.74 Å². The molecule has 0 saturated heterocycles. The molecule has 1 aromatic heterocycles. The van der Waals surface area contributed by atoms with Crippen LogP contribution in [0.3, 0.4) is 0 Å². The number of carbonyl (C=O) groups is 1. The fourth-order valence-corrected chi connectivity index (χ4v) is 3.01. The Kier molecular flexibility index (Phi) is 4.66. The first-order valence-corrected chi connectivity index (χ1v) is 6.98. The molecule has 0 radical (unpaired) electrons. The number of hydrogen-bond acceptors (Lipinski definition) is 3. The molecular weight excluding hydrogens is 338 g/mol. The number of ether oxygens (including phenoxy) is 1. The van der Waals surface area contributed by atoms with Gasteiger partial charge in [-0.15, -0.1) is 11.3 Å². The minimum atomic E-state index is -2.86. The normalized spacial score (nSPS) is 10.7. The summed E-state index contributed by atoms with van der Waals surface area (Å²) in [6, 6.07) is 9.46. The Bertz CT molecular complexity index is 566. The van der Waals surface area contributed by atoms with Gasteiger partial charge in [-0.05, 0) is 52.3 Å². The number of Topliss-reactive ketones (excluding diaryl/α,β-unsaturated/α-hetero) is 1. The van der Waals surface area contributed by atoms with Crippen LogP contribution >= 0.6 is 27.3 Å². The molecule has 0 unspecified atom stereocenters. The van der Waals surface area contributed by atoms with E-state index in [9.17, 15) is 13.6 Å². The fourth-order valence-electron chi connectivity index (χ4n) is 1.53. The van der Waals surface area contributed by atoms with Crippen molar-refractivity contribution in [1.29, 1.82) is 0 Å². The average molecular weight is 347 g/mol. The Hall–Kier alpha value is -1.27. The van der Waals surface area contributed by atoms with E-state index >= 15 is 0 Å². The van der Waals surface area contributed by atoms with Gasteiger partial charge in [0, 0.05) is 16.9 Å². The number of benzene rings is 1. The number of carbonyl (C=O) groups excluding carboxylic acids is 1.